The van der Waals surface area contributed by atoms with Gasteiger partial charge < -0.3 is 9.47 Å². The number of esters is 2. The van der Waals surface area contributed by atoms with Gasteiger partial charge in [-0.2, -0.15) is 0 Å². The van der Waals surface area contributed by atoms with E-state index >= 15 is 0 Å². The Balaban J connectivity index is 1.79. The number of fused-ring (bicyclic) bond motifs is 1. The Bertz CT molecular complexity index is 661. The van der Waals surface area contributed by atoms with Crippen LogP contribution < -0.4 is 0 Å². The SMILES string of the molecule is CC(=O)OC1OC(=O)C=C1CC[C@@]1(C)[C@H](C)CC[C@@]2(C)C(C)=CCC[C@H]12. The van der Waals surface area contributed by atoms with E-state index in [1.54, 1.807) is 5.57 Å². The molecular formula is C22H32O4. The minimum Gasteiger partial charge on any atom is -0.421 e. The number of hydrogen-bond acceptors (Lipinski definition) is 4. The van der Waals surface area contributed by atoms with Crippen molar-refractivity contribution < 1.29 is 19.1 Å². The summed E-state index contributed by atoms with van der Waals surface area (Å²) in [7, 11) is 0. The van der Waals surface area contributed by atoms with Crippen molar-refractivity contribution in [2.75, 3.05) is 0 Å². The van der Waals surface area contributed by atoms with Gasteiger partial charge in [-0.05, 0) is 68.1 Å². The third-order valence-corrected chi connectivity index (χ3v) is 7.65. The minimum absolute atomic E-state index is 0.204. The average Bonchev–Trinajstić information content (AvgIpc) is 2.90. The second-order valence-corrected chi connectivity index (χ2v) is 8.98. The number of carbonyl (C=O) groups is 2. The van der Waals surface area contributed by atoms with E-state index in [0.717, 1.165) is 24.8 Å². The highest BCUT2D eigenvalue weighted by Crippen LogP contribution is 2.62. The third-order valence-electron chi connectivity index (χ3n) is 7.65. The molecule has 5 atom stereocenters. The van der Waals surface area contributed by atoms with Gasteiger partial charge in [0.15, 0.2) is 0 Å². The van der Waals surface area contributed by atoms with Crippen LogP contribution in [0.1, 0.15) is 73.1 Å². The summed E-state index contributed by atoms with van der Waals surface area (Å²) in [6, 6.07) is 0. The molecule has 0 saturated heterocycles. The lowest BCUT2D eigenvalue weighted by atomic mass is 9.47. The highest BCUT2D eigenvalue weighted by atomic mass is 16.7. The first kappa shape index (κ1) is 19.2. The van der Waals surface area contributed by atoms with Crippen molar-refractivity contribution in [3.05, 3.63) is 23.3 Å². The van der Waals surface area contributed by atoms with Crippen LogP contribution in [0.5, 0.6) is 0 Å². The molecule has 0 spiro atoms. The zero-order chi connectivity index (χ0) is 19.1. The fourth-order valence-electron chi connectivity index (χ4n) is 5.62. The van der Waals surface area contributed by atoms with E-state index < -0.39 is 18.2 Å². The van der Waals surface area contributed by atoms with Crippen LogP contribution in [0, 0.1) is 22.7 Å². The molecule has 3 aliphatic rings. The van der Waals surface area contributed by atoms with Crippen LogP contribution in [-0.4, -0.2) is 18.2 Å². The molecule has 1 fully saturated rings. The fourth-order valence-corrected chi connectivity index (χ4v) is 5.62. The van der Waals surface area contributed by atoms with E-state index in [2.05, 4.69) is 33.8 Å². The van der Waals surface area contributed by atoms with Gasteiger partial charge >= 0.3 is 11.9 Å². The molecule has 0 aromatic rings. The maximum absolute atomic E-state index is 11.7. The van der Waals surface area contributed by atoms with Gasteiger partial charge in [0.25, 0.3) is 6.29 Å². The summed E-state index contributed by atoms with van der Waals surface area (Å²) in [6.45, 7) is 10.9. The number of ether oxygens (including phenoxy) is 2. The summed E-state index contributed by atoms with van der Waals surface area (Å²) in [5.74, 6) is 0.453. The van der Waals surface area contributed by atoms with E-state index in [9.17, 15) is 9.59 Å². The molecule has 0 aromatic heterocycles. The molecule has 1 unspecified atom stereocenters. The summed E-state index contributed by atoms with van der Waals surface area (Å²) < 4.78 is 10.3. The maximum atomic E-state index is 11.7. The summed E-state index contributed by atoms with van der Waals surface area (Å²) in [5.41, 5.74) is 2.83. The van der Waals surface area contributed by atoms with Gasteiger partial charge in [0.05, 0.1) is 0 Å². The van der Waals surface area contributed by atoms with Crippen LogP contribution in [0.15, 0.2) is 23.3 Å². The molecule has 0 N–H and O–H groups in total. The van der Waals surface area contributed by atoms with Crippen LogP contribution in [0.2, 0.25) is 0 Å². The van der Waals surface area contributed by atoms with Crippen molar-refractivity contribution in [1.82, 2.24) is 0 Å². The topological polar surface area (TPSA) is 52.6 Å². The van der Waals surface area contributed by atoms with Gasteiger partial charge in [-0.25, -0.2) is 4.79 Å². The summed E-state index contributed by atoms with van der Waals surface area (Å²) in [5, 5.41) is 0. The Morgan fingerprint density at radius 1 is 1.35 bits per heavy atom. The van der Waals surface area contributed by atoms with Crippen molar-refractivity contribution in [2.24, 2.45) is 22.7 Å². The first-order chi connectivity index (χ1) is 12.2. The Morgan fingerprint density at radius 3 is 2.77 bits per heavy atom. The molecule has 0 radical (unpaired) electrons. The molecule has 0 aromatic carbocycles. The molecule has 1 heterocycles. The lowest BCUT2D eigenvalue weighted by Gasteiger charge is -2.58. The number of carbonyl (C=O) groups excluding carboxylic acids is 2. The van der Waals surface area contributed by atoms with Crippen molar-refractivity contribution in [3.63, 3.8) is 0 Å². The molecule has 26 heavy (non-hydrogen) atoms. The predicted molar refractivity (Wildman–Crippen MR) is 100 cm³/mol. The van der Waals surface area contributed by atoms with E-state index in [-0.39, 0.29) is 10.8 Å². The molecule has 0 bridgehead atoms. The molecule has 4 heteroatoms. The normalized spacial score (nSPS) is 39.6. The number of hydrogen-bond donors (Lipinski definition) is 0. The Morgan fingerprint density at radius 2 is 2.08 bits per heavy atom. The number of rotatable bonds is 4. The molecule has 4 nitrogen and oxygen atoms in total. The van der Waals surface area contributed by atoms with E-state index in [1.807, 2.05) is 0 Å². The summed E-state index contributed by atoms with van der Waals surface area (Å²) >= 11 is 0. The second kappa shape index (κ2) is 6.86. The lowest BCUT2D eigenvalue weighted by molar-refractivity contribution is -0.172. The smallest absolute Gasteiger partial charge is 0.334 e. The van der Waals surface area contributed by atoms with E-state index in [0.29, 0.717) is 11.8 Å². The highest BCUT2D eigenvalue weighted by molar-refractivity contribution is 5.86. The van der Waals surface area contributed by atoms with Crippen LogP contribution in [0.4, 0.5) is 0 Å². The molecule has 3 rings (SSSR count). The zero-order valence-corrected chi connectivity index (χ0v) is 16.8. The lowest BCUT2D eigenvalue weighted by Crippen LogP contribution is -2.49. The van der Waals surface area contributed by atoms with Gasteiger partial charge in [-0.3, -0.25) is 4.79 Å². The molecule has 2 aliphatic carbocycles. The summed E-state index contributed by atoms with van der Waals surface area (Å²) in [6.07, 6.45) is 9.72. The van der Waals surface area contributed by atoms with E-state index in [4.69, 9.17) is 9.47 Å². The monoisotopic (exact) mass is 360 g/mol. The predicted octanol–water partition coefficient (Wildman–Crippen LogP) is 4.94. The third kappa shape index (κ3) is 3.23. The number of cyclic esters (lactones) is 1. The van der Waals surface area contributed by atoms with Crippen molar-refractivity contribution >= 4 is 11.9 Å². The largest absolute Gasteiger partial charge is 0.421 e. The van der Waals surface area contributed by atoms with Gasteiger partial charge in [0, 0.05) is 18.6 Å². The van der Waals surface area contributed by atoms with Crippen molar-refractivity contribution in [1.29, 1.82) is 0 Å². The average molecular weight is 360 g/mol. The fraction of sp³-hybridized carbons (Fsp3) is 0.727. The first-order valence-corrected chi connectivity index (χ1v) is 9.92. The molecule has 1 aliphatic heterocycles. The van der Waals surface area contributed by atoms with Gasteiger partial charge in [0.2, 0.25) is 0 Å². The number of allylic oxidation sites excluding steroid dienone is 2. The van der Waals surface area contributed by atoms with Crippen LogP contribution in [0.3, 0.4) is 0 Å². The van der Waals surface area contributed by atoms with Gasteiger partial charge in [-0.1, -0.05) is 32.4 Å². The maximum Gasteiger partial charge on any atom is 0.334 e. The van der Waals surface area contributed by atoms with Crippen LogP contribution in [-0.2, 0) is 19.1 Å². The highest BCUT2D eigenvalue weighted by Gasteiger charge is 2.53. The summed E-state index contributed by atoms with van der Waals surface area (Å²) in [4.78, 5) is 23.0. The quantitative estimate of drug-likeness (QED) is 0.526. The van der Waals surface area contributed by atoms with Gasteiger partial charge in [-0.15, -0.1) is 0 Å². The zero-order valence-electron chi connectivity index (χ0n) is 16.8. The molecule has 1 saturated carbocycles. The molecule has 144 valence electrons. The molecular weight excluding hydrogens is 328 g/mol. The first-order valence-electron chi connectivity index (χ1n) is 9.92. The van der Waals surface area contributed by atoms with Crippen LogP contribution in [0.25, 0.3) is 0 Å². The Labute approximate surface area is 157 Å². The van der Waals surface area contributed by atoms with E-state index in [1.165, 1.54) is 32.3 Å². The Hall–Kier alpha value is -1.58. The standard InChI is InChI=1S/C22H32O4/c1-14-7-6-8-18-21(14,4)11-9-15(2)22(18,5)12-10-17-13-19(24)26-20(17)25-16(3)23/h7,13,15,18,20H,6,8-12H2,1-5H3/t15-,18+,20?,21+,22+/m1/s1. The molecule has 0 amide bonds. The van der Waals surface area contributed by atoms with Crippen molar-refractivity contribution in [3.8, 4) is 0 Å². The second-order valence-electron chi connectivity index (χ2n) is 8.98. The Kier molecular flexibility index (Phi) is 5.06. The minimum atomic E-state index is -0.832. The van der Waals surface area contributed by atoms with Crippen LogP contribution >= 0.6 is 0 Å². The van der Waals surface area contributed by atoms with Crippen molar-refractivity contribution in [2.45, 2.75) is 79.4 Å². The van der Waals surface area contributed by atoms with Gasteiger partial charge in [0.1, 0.15) is 0 Å².